The third-order valence-corrected chi connectivity index (χ3v) is 3.15. The molecular formula is C13H13F2N3. The molecule has 0 amide bonds. The van der Waals surface area contributed by atoms with Crippen LogP contribution in [0.2, 0.25) is 0 Å². The van der Waals surface area contributed by atoms with Crippen molar-refractivity contribution < 1.29 is 8.78 Å². The number of hydrogen-bond acceptors (Lipinski definition) is 2. The van der Waals surface area contributed by atoms with Crippen LogP contribution in [0.25, 0.3) is 11.3 Å². The molecule has 1 aromatic carbocycles. The van der Waals surface area contributed by atoms with Crippen LogP contribution in [0, 0.1) is 11.6 Å². The summed E-state index contributed by atoms with van der Waals surface area (Å²) in [6.45, 7) is 3.55. The number of aromatic nitrogens is 2. The third-order valence-electron chi connectivity index (χ3n) is 3.15. The lowest BCUT2D eigenvalue weighted by molar-refractivity contribution is 0.389. The summed E-state index contributed by atoms with van der Waals surface area (Å²) in [5.41, 5.74) is 1.91. The van der Waals surface area contributed by atoms with Gasteiger partial charge in [0.2, 0.25) is 0 Å². The van der Waals surface area contributed by atoms with Gasteiger partial charge in [0.1, 0.15) is 11.6 Å². The van der Waals surface area contributed by atoms with Gasteiger partial charge in [0.15, 0.2) is 0 Å². The van der Waals surface area contributed by atoms with Crippen molar-refractivity contribution in [3.05, 3.63) is 41.6 Å². The Balaban J connectivity index is 2.02. The fourth-order valence-corrected chi connectivity index (χ4v) is 2.19. The average Bonchev–Trinajstić information content (AvgIpc) is 2.71. The van der Waals surface area contributed by atoms with Crippen molar-refractivity contribution in [1.82, 2.24) is 15.1 Å². The highest BCUT2D eigenvalue weighted by atomic mass is 19.1. The van der Waals surface area contributed by atoms with E-state index in [0.29, 0.717) is 17.3 Å². The zero-order valence-corrected chi connectivity index (χ0v) is 9.95. The van der Waals surface area contributed by atoms with Gasteiger partial charge in [-0.3, -0.25) is 4.68 Å². The molecule has 1 aliphatic heterocycles. The van der Waals surface area contributed by atoms with Gasteiger partial charge in [-0.05, 0) is 25.1 Å². The molecular weight excluding hydrogens is 236 g/mol. The quantitative estimate of drug-likeness (QED) is 0.840. The van der Waals surface area contributed by atoms with Gasteiger partial charge >= 0.3 is 0 Å². The molecule has 0 radical (unpaired) electrons. The van der Waals surface area contributed by atoms with E-state index in [0.717, 1.165) is 24.8 Å². The molecule has 3 rings (SSSR count). The molecule has 2 heterocycles. The summed E-state index contributed by atoms with van der Waals surface area (Å²) in [6, 6.07) is 5.75. The van der Waals surface area contributed by atoms with Crippen molar-refractivity contribution in [1.29, 1.82) is 0 Å². The molecule has 5 heteroatoms. The van der Waals surface area contributed by atoms with Crippen LogP contribution in [-0.4, -0.2) is 15.8 Å². The molecule has 1 atom stereocenters. The highest BCUT2D eigenvalue weighted by molar-refractivity contribution is 5.60. The van der Waals surface area contributed by atoms with E-state index < -0.39 is 11.6 Å². The van der Waals surface area contributed by atoms with Crippen molar-refractivity contribution in [3.63, 3.8) is 0 Å². The predicted octanol–water partition coefficient (Wildman–Crippen LogP) is 2.32. The van der Waals surface area contributed by atoms with Gasteiger partial charge in [-0.25, -0.2) is 8.78 Å². The molecule has 2 aromatic rings. The minimum Gasteiger partial charge on any atom is -0.307 e. The molecule has 0 aliphatic carbocycles. The second kappa shape index (κ2) is 4.17. The van der Waals surface area contributed by atoms with Gasteiger partial charge < -0.3 is 5.32 Å². The Kier molecular flexibility index (Phi) is 2.63. The Morgan fingerprint density at radius 3 is 2.94 bits per heavy atom. The van der Waals surface area contributed by atoms with Crippen LogP contribution < -0.4 is 5.32 Å². The molecule has 0 spiro atoms. The average molecular weight is 249 g/mol. The van der Waals surface area contributed by atoms with Gasteiger partial charge in [-0.1, -0.05) is 0 Å². The normalized spacial score (nSPS) is 18.7. The number of benzene rings is 1. The first kappa shape index (κ1) is 11.3. The standard InChI is InChI=1S/C13H13F2N3/c1-8-7-18-10(6-16-8)5-13(17-18)11-3-2-9(14)4-12(11)15/h2-5,8,16H,6-7H2,1H3. The molecule has 94 valence electrons. The monoisotopic (exact) mass is 249 g/mol. The van der Waals surface area contributed by atoms with Gasteiger partial charge in [0.05, 0.1) is 17.9 Å². The molecule has 18 heavy (non-hydrogen) atoms. The zero-order chi connectivity index (χ0) is 12.7. The Morgan fingerprint density at radius 1 is 1.33 bits per heavy atom. The van der Waals surface area contributed by atoms with E-state index in [4.69, 9.17) is 0 Å². The van der Waals surface area contributed by atoms with Crippen LogP contribution in [0.4, 0.5) is 8.78 Å². The van der Waals surface area contributed by atoms with Gasteiger partial charge in [-0.15, -0.1) is 0 Å². The van der Waals surface area contributed by atoms with E-state index in [1.165, 1.54) is 12.1 Å². The largest absolute Gasteiger partial charge is 0.307 e. The molecule has 0 saturated carbocycles. The van der Waals surface area contributed by atoms with Crippen molar-refractivity contribution in [3.8, 4) is 11.3 Å². The Labute approximate surface area is 103 Å². The summed E-state index contributed by atoms with van der Waals surface area (Å²) >= 11 is 0. The number of halogens is 2. The van der Waals surface area contributed by atoms with Gasteiger partial charge in [0, 0.05) is 24.2 Å². The maximum Gasteiger partial charge on any atom is 0.135 e. The number of hydrogen-bond donors (Lipinski definition) is 1. The molecule has 0 bridgehead atoms. The van der Waals surface area contributed by atoms with E-state index in [-0.39, 0.29) is 0 Å². The molecule has 0 saturated heterocycles. The molecule has 1 N–H and O–H groups in total. The van der Waals surface area contributed by atoms with E-state index in [1.807, 2.05) is 10.7 Å². The molecule has 0 fully saturated rings. The van der Waals surface area contributed by atoms with Gasteiger partial charge in [0.25, 0.3) is 0 Å². The molecule has 1 aliphatic rings. The minimum absolute atomic E-state index is 0.339. The first-order valence-corrected chi connectivity index (χ1v) is 5.89. The smallest absolute Gasteiger partial charge is 0.135 e. The van der Waals surface area contributed by atoms with E-state index >= 15 is 0 Å². The summed E-state index contributed by atoms with van der Waals surface area (Å²) in [5, 5.41) is 7.69. The maximum atomic E-state index is 13.7. The maximum absolute atomic E-state index is 13.7. The number of fused-ring (bicyclic) bond motifs is 1. The fourth-order valence-electron chi connectivity index (χ4n) is 2.19. The second-order valence-electron chi connectivity index (χ2n) is 4.61. The van der Waals surface area contributed by atoms with Gasteiger partial charge in [-0.2, -0.15) is 5.10 Å². The number of nitrogens with zero attached hydrogens (tertiary/aromatic N) is 2. The summed E-state index contributed by atoms with van der Waals surface area (Å²) in [5.74, 6) is -1.15. The molecule has 3 nitrogen and oxygen atoms in total. The third kappa shape index (κ3) is 1.90. The lowest BCUT2D eigenvalue weighted by Crippen LogP contribution is -2.36. The summed E-state index contributed by atoms with van der Waals surface area (Å²) in [7, 11) is 0. The number of nitrogens with one attached hydrogen (secondary N) is 1. The fraction of sp³-hybridized carbons (Fsp3) is 0.308. The van der Waals surface area contributed by atoms with Crippen molar-refractivity contribution >= 4 is 0 Å². The van der Waals surface area contributed by atoms with E-state index in [9.17, 15) is 8.78 Å². The second-order valence-corrected chi connectivity index (χ2v) is 4.61. The van der Waals surface area contributed by atoms with Crippen LogP contribution in [0.15, 0.2) is 24.3 Å². The number of rotatable bonds is 1. The highest BCUT2D eigenvalue weighted by Gasteiger charge is 2.18. The topological polar surface area (TPSA) is 29.9 Å². The van der Waals surface area contributed by atoms with Crippen LogP contribution in [-0.2, 0) is 13.1 Å². The van der Waals surface area contributed by atoms with Crippen molar-refractivity contribution in [2.75, 3.05) is 0 Å². The summed E-state index contributed by atoms with van der Waals surface area (Å²) in [4.78, 5) is 0. The van der Waals surface area contributed by atoms with Crippen LogP contribution >= 0.6 is 0 Å². The molecule has 1 unspecified atom stereocenters. The summed E-state index contributed by atoms with van der Waals surface area (Å²) in [6.07, 6.45) is 0. The van der Waals surface area contributed by atoms with Crippen LogP contribution in [0.1, 0.15) is 12.6 Å². The summed E-state index contributed by atoms with van der Waals surface area (Å²) < 4.78 is 28.4. The lowest BCUT2D eigenvalue weighted by atomic mass is 10.1. The van der Waals surface area contributed by atoms with Crippen molar-refractivity contribution in [2.24, 2.45) is 0 Å². The van der Waals surface area contributed by atoms with E-state index in [1.54, 1.807) is 0 Å². The predicted molar refractivity (Wildman–Crippen MR) is 63.9 cm³/mol. The SMILES string of the molecule is CC1Cn2nc(-c3ccc(F)cc3F)cc2CN1. The minimum atomic E-state index is -0.577. The van der Waals surface area contributed by atoms with Crippen molar-refractivity contribution in [2.45, 2.75) is 26.1 Å². The first-order chi connectivity index (χ1) is 8.63. The van der Waals surface area contributed by atoms with E-state index in [2.05, 4.69) is 17.3 Å². The Hall–Kier alpha value is -1.75. The van der Waals surface area contributed by atoms with Crippen LogP contribution in [0.5, 0.6) is 0 Å². The Bertz CT molecular complexity index is 592. The zero-order valence-electron chi connectivity index (χ0n) is 9.95. The lowest BCUT2D eigenvalue weighted by Gasteiger charge is -2.21. The molecule has 1 aromatic heterocycles. The first-order valence-electron chi connectivity index (χ1n) is 5.89. The van der Waals surface area contributed by atoms with Crippen LogP contribution in [0.3, 0.4) is 0 Å². The Morgan fingerprint density at radius 2 is 2.17 bits per heavy atom. The highest BCUT2D eigenvalue weighted by Crippen LogP contribution is 2.24.